The van der Waals surface area contributed by atoms with Gasteiger partial charge in [0.05, 0.1) is 22.2 Å². The van der Waals surface area contributed by atoms with E-state index in [9.17, 15) is 0 Å². The van der Waals surface area contributed by atoms with Gasteiger partial charge in [0.25, 0.3) is 0 Å². The number of halogens is 1. The maximum atomic E-state index is 5.34. The largest absolute Gasteiger partial charge is 0.464 e. The van der Waals surface area contributed by atoms with Crippen LogP contribution in [0.3, 0.4) is 0 Å². The number of rotatable bonds is 3. The van der Waals surface area contributed by atoms with Gasteiger partial charge in [-0.15, -0.1) is 0 Å². The van der Waals surface area contributed by atoms with Crippen molar-refractivity contribution in [1.82, 2.24) is 15.0 Å². The lowest BCUT2D eigenvalue weighted by atomic mass is 10.2. The van der Waals surface area contributed by atoms with E-state index in [2.05, 4.69) is 36.2 Å². The molecule has 3 rings (SSSR count). The first-order chi connectivity index (χ1) is 9.24. The van der Waals surface area contributed by atoms with Crippen molar-refractivity contribution in [2.24, 2.45) is 0 Å². The van der Waals surface area contributed by atoms with Crippen LogP contribution in [0.25, 0.3) is 11.0 Å². The van der Waals surface area contributed by atoms with Crippen LogP contribution in [0.2, 0.25) is 0 Å². The van der Waals surface area contributed by atoms with Gasteiger partial charge in [-0.25, -0.2) is 15.0 Å². The lowest BCUT2D eigenvalue weighted by Gasteiger charge is -2.13. The van der Waals surface area contributed by atoms with Crippen LogP contribution in [-0.2, 0) is 0 Å². The molecule has 3 heterocycles. The zero-order valence-corrected chi connectivity index (χ0v) is 11.8. The Hall–Kier alpha value is -1.95. The summed E-state index contributed by atoms with van der Waals surface area (Å²) in [5.41, 5.74) is 0.807. The lowest BCUT2D eigenvalue weighted by Crippen LogP contribution is -2.11. The molecule has 0 aliphatic carbocycles. The Labute approximate surface area is 118 Å². The summed E-state index contributed by atoms with van der Waals surface area (Å²) in [7, 11) is 0. The number of pyridine rings is 1. The highest BCUT2D eigenvalue weighted by atomic mass is 79.9. The third-order valence-electron chi connectivity index (χ3n) is 2.76. The molecule has 0 aliphatic heterocycles. The Kier molecular flexibility index (Phi) is 3.16. The first-order valence-electron chi connectivity index (χ1n) is 5.80. The van der Waals surface area contributed by atoms with Gasteiger partial charge in [0.2, 0.25) is 0 Å². The molecule has 19 heavy (non-hydrogen) atoms. The number of nitrogens with zero attached hydrogens (tertiary/aromatic N) is 3. The first-order valence-corrected chi connectivity index (χ1v) is 6.59. The summed E-state index contributed by atoms with van der Waals surface area (Å²) in [4.78, 5) is 12.9. The molecule has 1 unspecified atom stereocenters. The molecule has 0 amide bonds. The number of aromatic nitrogens is 3. The summed E-state index contributed by atoms with van der Waals surface area (Å²) in [6.07, 6.45) is 6.82. The van der Waals surface area contributed by atoms with E-state index in [0.29, 0.717) is 5.82 Å². The van der Waals surface area contributed by atoms with Crippen LogP contribution in [0.1, 0.15) is 18.8 Å². The monoisotopic (exact) mass is 318 g/mol. The van der Waals surface area contributed by atoms with Gasteiger partial charge in [0, 0.05) is 18.6 Å². The molecule has 0 radical (unpaired) electrons. The lowest BCUT2D eigenvalue weighted by molar-refractivity contribution is 0.615. The Balaban J connectivity index is 1.88. The van der Waals surface area contributed by atoms with E-state index in [4.69, 9.17) is 4.42 Å². The molecular weight excluding hydrogens is 308 g/mol. The maximum absolute atomic E-state index is 5.34. The van der Waals surface area contributed by atoms with Crippen LogP contribution < -0.4 is 5.32 Å². The number of nitrogens with one attached hydrogen (secondary N) is 1. The zero-order valence-electron chi connectivity index (χ0n) is 10.2. The fraction of sp³-hybridized carbons (Fsp3) is 0.154. The Bertz CT molecular complexity index is 695. The van der Waals surface area contributed by atoms with Crippen molar-refractivity contribution in [2.75, 3.05) is 5.32 Å². The highest BCUT2D eigenvalue weighted by Gasteiger charge is 2.11. The molecule has 1 atom stereocenters. The van der Waals surface area contributed by atoms with Gasteiger partial charge in [-0.05, 0) is 35.0 Å². The molecule has 96 valence electrons. The average molecular weight is 319 g/mol. The number of fused-ring (bicyclic) bond motifs is 1. The molecule has 6 heteroatoms. The SMILES string of the molecule is CC(Nc1nccc2occc12)c1ncc(Br)cn1. The molecule has 0 aliphatic rings. The molecule has 0 fully saturated rings. The summed E-state index contributed by atoms with van der Waals surface area (Å²) in [6, 6.07) is 3.68. The zero-order chi connectivity index (χ0) is 13.2. The van der Waals surface area contributed by atoms with Crippen LogP contribution in [0.5, 0.6) is 0 Å². The van der Waals surface area contributed by atoms with Gasteiger partial charge in [-0.1, -0.05) is 0 Å². The van der Waals surface area contributed by atoms with E-state index >= 15 is 0 Å². The highest BCUT2D eigenvalue weighted by molar-refractivity contribution is 9.10. The normalized spacial score (nSPS) is 12.5. The van der Waals surface area contributed by atoms with Crippen LogP contribution in [0, 0.1) is 0 Å². The standard InChI is InChI=1S/C13H11BrN4O/c1-8(12-16-6-9(14)7-17-12)18-13-10-3-5-19-11(10)2-4-15-13/h2-8H,1H3,(H,15,18). The minimum absolute atomic E-state index is 0.0406. The van der Waals surface area contributed by atoms with Crippen molar-refractivity contribution >= 4 is 32.7 Å². The molecule has 0 spiro atoms. The van der Waals surface area contributed by atoms with Crippen molar-refractivity contribution < 1.29 is 4.42 Å². The number of hydrogen-bond acceptors (Lipinski definition) is 5. The van der Waals surface area contributed by atoms with E-state index in [-0.39, 0.29) is 6.04 Å². The van der Waals surface area contributed by atoms with Crippen molar-refractivity contribution in [3.8, 4) is 0 Å². The second kappa shape index (κ2) is 4.97. The first kappa shape index (κ1) is 12.1. The van der Waals surface area contributed by atoms with Crippen molar-refractivity contribution in [1.29, 1.82) is 0 Å². The van der Waals surface area contributed by atoms with Crippen LogP contribution in [0.4, 0.5) is 5.82 Å². The second-order valence-electron chi connectivity index (χ2n) is 4.12. The number of hydrogen-bond donors (Lipinski definition) is 1. The molecule has 0 bridgehead atoms. The smallest absolute Gasteiger partial charge is 0.150 e. The van der Waals surface area contributed by atoms with Gasteiger partial charge < -0.3 is 9.73 Å². The van der Waals surface area contributed by atoms with Crippen molar-refractivity contribution in [3.63, 3.8) is 0 Å². The summed E-state index contributed by atoms with van der Waals surface area (Å²) >= 11 is 3.32. The molecular formula is C13H11BrN4O. The van der Waals surface area contributed by atoms with Gasteiger partial charge in [-0.3, -0.25) is 0 Å². The van der Waals surface area contributed by atoms with E-state index in [1.807, 2.05) is 19.1 Å². The number of furan rings is 1. The molecule has 3 aromatic heterocycles. The van der Waals surface area contributed by atoms with E-state index in [1.165, 1.54) is 0 Å². The quantitative estimate of drug-likeness (QED) is 0.800. The Morgan fingerprint density at radius 3 is 2.79 bits per heavy atom. The minimum Gasteiger partial charge on any atom is -0.464 e. The highest BCUT2D eigenvalue weighted by Crippen LogP contribution is 2.24. The predicted octanol–water partition coefficient (Wildman–Crippen LogP) is 3.55. The fourth-order valence-electron chi connectivity index (χ4n) is 1.83. The fourth-order valence-corrected chi connectivity index (χ4v) is 2.03. The molecule has 0 saturated carbocycles. The third kappa shape index (κ3) is 2.44. The molecule has 3 aromatic rings. The minimum atomic E-state index is -0.0406. The summed E-state index contributed by atoms with van der Waals surface area (Å²) in [5.74, 6) is 1.48. The van der Waals surface area contributed by atoms with E-state index in [1.54, 1.807) is 24.9 Å². The Morgan fingerprint density at radius 2 is 2.00 bits per heavy atom. The number of anilines is 1. The van der Waals surface area contributed by atoms with Crippen molar-refractivity contribution in [2.45, 2.75) is 13.0 Å². The van der Waals surface area contributed by atoms with Crippen LogP contribution in [-0.4, -0.2) is 15.0 Å². The molecule has 5 nitrogen and oxygen atoms in total. The van der Waals surface area contributed by atoms with Crippen molar-refractivity contribution in [3.05, 3.63) is 47.3 Å². The third-order valence-corrected chi connectivity index (χ3v) is 3.17. The van der Waals surface area contributed by atoms with E-state index < -0.39 is 0 Å². The predicted molar refractivity (Wildman–Crippen MR) is 75.8 cm³/mol. The average Bonchev–Trinajstić information content (AvgIpc) is 2.89. The van der Waals surface area contributed by atoms with Gasteiger partial charge >= 0.3 is 0 Å². The van der Waals surface area contributed by atoms with Crippen LogP contribution in [0.15, 0.2) is 45.9 Å². The summed E-state index contributed by atoms with van der Waals surface area (Å²) in [6.45, 7) is 1.99. The second-order valence-corrected chi connectivity index (χ2v) is 5.03. The van der Waals surface area contributed by atoms with E-state index in [0.717, 1.165) is 21.3 Å². The molecule has 1 N–H and O–H groups in total. The van der Waals surface area contributed by atoms with Crippen LogP contribution >= 0.6 is 15.9 Å². The summed E-state index contributed by atoms with van der Waals surface area (Å²) in [5, 5.41) is 4.25. The van der Waals surface area contributed by atoms with Gasteiger partial charge in [-0.2, -0.15) is 0 Å². The van der Waals surface area contributed by atoms with Gasteiger partial charge in [0.1, 0.15) is 17.2 Å². The molecule has 0 saturated heterocycles. The molecule has 0 aromatic carbocycles. The maximum Gasteiger partial charge on any atom is 0.150 e. The summed E-state index contributed by atoms with van der Waals surface area (Å²) < 4.78 is 6.20. The van der Waals surface area contributed by atoms with Gasteiger partial charge in [0.15, 0.2) is 0 Å². The Morgan fingerprint density at radius 1 is 1.21 bits per heavy atom. The topological polar surface area (TPSA) is 63.8 Å².